The number of rotatable bonds is 2. The number of nitrogens with one attached hydrogen (secondary N) is 2. The van der Waals surface area contributed by atoms with Crippen molar-refractivity contribution in [3.05, 3.63) is 42.2 Å². The van der Waals surface area contributed by atoms with Crippen molar-refractivity contribution >= 4 is 21.8 Å². The molecule has 1 aliphatic rings. The van der Waals surface area contributed by atoms with Crippen LogP contribution < -0.4 is 5.32 Å². The molecule has 1 fully saturated rings. The zero-order chi connectivity index (χ0) is 12.7. The van der Waals surface area contributed by atoms with E-state index >= 15 is 0 Å². The molecule has 0 amide bonds. The summed E-state index contributed by atoms with van der Waals surface area (Å²) in [4.78, 5) is 7.68. The van der Waals surface area contributed by atoms with E-state index in [0.717, 1.165) is 31.1 Å². The Bertz CT molecular complexity index is 723. The maximum absolute atomic E-state index is 4.47. The number of hydrogen-bond donors (Lipinski definition) is 2. The molecule has 3 heteroatoms. The maximum atomic E-state index is 4.47. The van der Waals surface area contributed by atoms with Gasteiger partial charge in [-0.3, -0.25) is 0 Å². The molecule has 1 aliphatic heterocycles. The van der Waals surface area contributed by atoms with Crippen LogP contribution in [-0.4, -0.2) is 23.1 Å². The minimum Gasteiger partial charge on any atom is -0.346 e. The van der Waals surface area contributed by atoms with Crippen molar-refractivity contribution in [3.8, 4) is 0 Å². The first kappa shape index (κ1) is 11.0. The van der Waals surface area contributed by atoms with E-state index in [1.807, 2.05) is 12.4 Å². The van der Waals surface area contributed by atoms with Crippen molar-refractivity contribution in [2.24, 2.45) is 5.92 Å². The monoisotopic (exact) mass is 251 g/mol. The topological polar surface area (TPSA) is 40.7 Å². The lowest BCUT2D eigenvalue weighted by atomic mass is 9.94. The summed E-state index contributed by atoms with van der Waals surface area (Å²) >= 11 is 0. The van der Waals surface area contributed by atoms with Gasteiger partial charge < -0.3 is 10.3 Å². The highest BCUT2D eigenvalue weighted by Crippen LogP contribution is 2.28. The highest BCUT2D eigenvalue weighted by Gasteiger charge is 2.17. The fraction of sp³-hybridized carbons (Fsp3) is 0.312. The molecule has 1 aromatic carbocycles. The van der Waals surface area contributed by atoms with Crippen LogP contribution in [0.4, 0.5) is 0 Å². The van der Waals surface area contributed by atoms with Crippen LogP contribution in [0.15, 0.2) is 36.7 Å². The highest BCUT2D eigenvalue weighted by molar-refractivity contribution is 6.06. The van der Waals surface area contributed by atoms with Gasteiger partial charge in [0.05, 0.1) is 0 Å². The molecular weight excluding hydrogens is 234 g/mol. The molecule has 3 nitrogen and oxygen atoms in total. The predicted molar refractivity (Wildman–Crippen MR) is 78.3 cm³/mol. The minimum atomic E-state index is 0.771. The van der Waals surface area contributed by atoms with E-state index in [4.69, 9.17) is 0 Å². The second-order valence-corrected chi connectivity index (χ2v) is 5.44. The van der Waals surface area contributed by atoms with E-state index in [0.29, 0.717) is 0 Å². The summed E-state index contributed by atoms with van der Waals surface area (Å²) in [6, 6.07) is 8.72. The van der Waals surface area contributed by atoms with Gasteiger partial charge in [-0.25, -0.2) is 4.98 Å². The Morgan fingerprint density at radius 2 is 2.26 bits per heavy atom. The lowest BCUT2D eigenvalue weighted by Gasteiger charge is -2.11. The number of fused-ring (bicyclic) bond motifs is 3. The van der Waals surface area contributed by atoms with Gasteiger partial charge in [-0.05, 0) is 48.9 Å². The van der Waals surface area contributed by atoms with Crippen LogP contribution in [-0.2, 0) is 6.42 Å². The number of H-pyrrole nitrogens is 1. The van der Waals surface area contributed by atoms with Crippen LogP contribution in [0, 0.1) is 5.92 Å². The molecule has 2 N–H and O–H groups in total. The van der Waals surface area contributed by atoms with E-state index in [1.54, 1.807) is 0 Å². The van der Waals surface area contributed by atoms with Gasteiger partial charge in [0.1, 0.15) is 5.65 Å². The van der Waals surface area contributed by atoms with Crippen molar-refractivity contribution in [3.63, 3.8) is 0 Å². The van der Waals surface area contributed by atoms with E-state index in [2.05, 4.69) is 39.6 Å². The smallest absolute Gasteiger partial charge is 0.137 e. The fourth-order valence-electron chi connectivity index (χ4n) is 3.23. The summed E-state index contributed by atoms with van der Waals surface area (Å²) in [5, 5.41) is 7.32. The summed E-state index contributed by atoms with van der Waals surface area (Å²) in [5.41, 5.74) is 2.45. The van der Waals surface area contributed by atoms with Crippen LogP contribution in [0.2, 0.25) is 0 Å². The van der Waals surface area contributed by atoms with Crippen LogP contribution in [0.1, 0.15) is 12.0 Å². The summed E-state index contributed by atoms with van der Waals surface area (Å²) in [6.45, 7) is 2.31. The molecule has 3 heterocycles. The first-order valence-electron chi connectivity index (χ1n) is 6.96. The Hall–Kier alpha value is -1.87. The molecule has 0 aliphatic carbocycles. The van der Waals surface area contributed by atoms with Crippen molar-refractivity contribution in [1.29, 1.82) is 0 Å². The summed E-state index contributed by atoms with van der Waals surface area (Å²) in [7, 11) is 0. The largest absolute Gasteiger partial charge is 0.346 e. The maximum Gasteiger partial charge on any atom is 0.137 e. The number of nitrogens with zero attached hydrogens (tertiary/aromatic N) is 1. The molecule has 4 rings (SSSR count). The van der Waals surface area contributed by atoms with Crippen LogP contribution in [0.5, 0.6) is 0 Å². The normalized spacial score (nSPS) is 19.5. The van der Waals surface area contributed by atoms with Gasteiger partial charge in [-0.15, -0.1) is 0 Å². The van der Waals surface area contributed by atoms with E-state index in [9.17, 15) is 0 Å². The SMILES string of the molecule is c1cc(CC2CCNC2)c2c(c1)cnc1[nH]ccc12. The number of benzene rings is 1. The average molecular weight is 251 g/mol. The molecule has 1 unspecified atom stereocenters. The van der Waals surface area contributed by atoms with Gasteiger partial charge >= 0.3 is 0 Å². The number of aromatic amines is 1. The zero-order valence-corrected chi connectivity index (χ0v) is 10.8. The van der Waals surface area contributed by atoms with Crippen molar-refractivity contribution in [2.75, 3.05) is 13.1 Å². The quantitative estimate of drug-likeness (QED) is 0.735. The van der Waals surface area contributed by atoms with E-state index in [1.165, 1.54) is 28.1 Å². The van der Waals surface area contributed by atoms with Gasteiger partial charge in [0.25, 0.3) is 0 Å². The van der Waals surface area contributed by atoms with E-state index < -0.39 is 0 Å². The molecule has 1 atom stereocenters. The Morgan fingerprint density at radius 1 is 1.26 bits per heavy atom. The molecule has 0 radical (unpaired) electrons. The van der Waals surface area contributed by atoms with Crippen molar-refractivity contribution in [2.45, 2.75) is 12.8 Å². The third kappa shape index (κ3) is 1.81. The molecule has 0 bridgehead atoms. The molecule has 3 aromatic rings. The van der Waals surface area contributed by atoms with Gasteiger partial charge in [0, 0.05) is 23.2 Å². The Kier molecular flexibility index (Phi) is 2.52. The number of hydrogen-bond acceptors (Lipinski definition) is 2. The van der Waals surface area contributed by atoms with E-state index in [-0.39, 0.29) is 0 Å². The van der Waals surface area contributed by atoms with Gasteiger partial charge in [-0.2, -0.15) is 0 Å². The molecule has 0 spiro atoms. The highest BCUT2D eigenvalue weighted by atomic mass is 14.9. The Labute approximate surface area is 112 Å². The molecule has 2 aromatic heterocycles. The number of pyridine rings is 1. The summed E-state index contributed by atoms with van der Waals surface area (Å²) < 4.78 is 0. The third-order valence-corrected chi connectivity index (χ3v) is 4.18. The van der Waals surface area contributed by atoms with Gasteiger partial charge in [-0.1, -0.05) is 18.2 Å². The van der Waals surface area contributed by atoms with Crippen molar-refractivity contribution < 1.29 is 0 Å². The summed E-state index contributed by atoms with van der Waals surface area (Å²) in [6.07, 6.45) is 6.40. The number of aromatic nitrogens is 2. The molecular formula is C16H17N3. The lowest BCUT2D eigenvalue weighted by Crippen LogP contribution is -2.10. The Balaban J connectivity index is 1.90. The standard InChI is InChI=1S/C16H17N3/c1-2-12(8-11-4-6-17-9-11)15-13(3-1)10-19-16-14(15)5-7-18-16/h1-3,5,7,10-11,17H,4,6,8-9H2,(H,18,19). The predicted octanol–water partition coefficient (Wildman–Crippen LogP) is 2.87. The minimum absolute atomic E-state index is 0.771. The molecule has 1 saturated heterocycles. The first-order valence-corrected chi connectivity index (χ1v) is 6.96. The van der Waals surface area contributed by atoms with Crippen LogP contribution in [0.25, 0.3) is 21.8 Å². The third-order valence-electron chi connectivity index (χ3n) is 4.18. The summed E-state index contributed by atoms with van der Waals surface area (Å²) in [5.74, 6) is 0.771. The molecule has 96 valence electrons. The van der Waals surface area contributed by atoms with Gasteiger partial charge in [0.2, 0.25) is 0 Å². The van der Waals surface area contributed by atoms with Gasteiger partial charge in [0.15, 0.2) is 0 Å². The Morgan fingerprint density at radius 3 is 3.16 bits per heavy atom. The average Bonchev–Trinajstić information content (AvgIpc) is 3.08. The zero-order valence-electron chi connectivity index (χ0n) is 10.8. The van der Waals surface area contributed by atoms with Crippen LogP contribution in [0.3, 0.4) is 0 Å². The second-order valence-electron chi connectivity index (χ2n) is 5.44. The molecule has 19 heavy (non-hydrogen) atoms. The lowest BCUT2D eigenvalue weighted by molar-refractivity contribution is 0.582. The molecule has 0 saturated carbocycles. The fourth-order valence-corrected chi connectivity index (χ4v) is 3.23. The van der Waals surface area contributed by atoms with Crippen LogP contribution >= 0.6 is 0 Å². The second kappa shape index (κ2) is 4.35. The van der Waals surface area contributed by atoms with Crippen molar-refractivity contribution in [1.82, 2.24) is 15.3 Å². The first-order chi connectivity index (χ1) is 9.42.